The molecule has 1 aromatic heterocycles. The molecule has 0 saturated carbocycles. The Morgan fingerprint density at radius 3 is 2.53 bits per heavy atom. The van der Waals surface area contributed by atoms with Crippen molar-refractivity contribution in [3.63, 3.8) is 0 Å². The normalized spacial score (nSPS) is 10.6. The Morgan fingerprint density at radius 2 is 1.93 bits per heavy atom. The van der Waals surface area contributed by atoms with E-state index in [1.54, 1.807) is 0 Å². The maximum atomic E-state index is 13.1. The van der Waals surface area contributed by atoms with Gasteiger partial charge in [-0.25, -0.2) is 8.78 Å². The Morgan fingerprint density at radius 1 is 1.20 bits per heavy atom. The summed E-state index contributed by atoms with van der Waals surface area (Å²) in [6.45, 7) is 1.93. The first kappa shape index (κ1) is 10.3. The average molecular weight is 224 g/mol. The van der Waals surface area contributed by atoms with Crippen molar-refractivity contribution in [2.24, 2.45) is 0 Å². The van der Waals surface area contributed by atoms with Crippen molar-refractivity contribution in [2.75, 3.05) is 0 Å². The van der Waals surface area contributed by atoms with Crippen LogP contribution < -0.4 is 0 Å². The van der Waals surface area contributed by atoms with E-state index in [2.05, 4.69) is 0 Å². The van der Waals surface area contributed by atoms with Gasteiger partial charge in [0.05, 0.1) is 0 Å². The van der Waals surface area contributed by atoms with E-state index in [9.17, 15) is 8.78 Å². The Balaban J connectivity index is 2.60. The third-order valence-electron chi connectivity index (χ3n) is 2.31. The lowest BCUT2D eigenvalue weighted by molar-refractivity contribution is 0.508. The number of halogens is 2. The molecular formula is C12H10F2S. The van der Waals surface area contributed by atoms with Crippen LogP contribution in [0.15, 0.2) is 29.6 Å². The lowest BCUT2D eigenvalue weighted by Crippen LogP contribution is -1.92. The van der Waals surface area contributed by atoms with Gasteiger partial charge in [-0.15, -0.1) is 11.3 Å². The zero-order valence-electron chi connectivity index (χ0n) is 8.26. The summed E-state index contributed by atoms with van der Waals surface area (Å²) in [4.78, 5) is 0.978. The van der Waals surface area contributed by atoms with Crippen molar-refractivity contribution in [1.29, 1.82) is 0 Å². The van der Waals surface area contributed by atoms with Crippen LogP contribution in [-0.2, 0) is 6.42 Å². The van der Waals surface area contributed by atoms with Crippen molar-refractivity contribution >= 4 is 11.3 Å². The molecule has 3 heteroatoms. The smallest absolute Gasteiger partial charge is 0.159 e. The fourth-order valence-electron chi connectivity index (χ4n) is 1.54. The molecule has 15 heavy (non-hydrogen) atoms. The quantitative estimate of drug-likeness (QED) is 0.715. The highest BCUT2D eigenvalue weighted by Gasteiger charge is 2.10. The van der Waals surface area contributed by atoms with E-state index in [0.29, 0.717) is 6.42 Å². The Bertz CT molecular complexity index is 461. The molecule has 0 aliphatic carbocycles. The van der Waals surface area contributed by atoms with Crippen LogP contribution in [0.3, 0.4) is 0 Å². The van der Waals surface area contributed by atoms with E-state index >= 15 is 0 Å². The maximum absolute atomic E-state index is 13.1. The first-order valence-corrected chi connectivity index (χ1v) is 5.62. The summed E-state index contributed by atoms with van der Waals surface area (Å²) < 4.78 is 26.1. The van der Waals surface area contributed by atoms with Crippen LogP contribution in [0.1, 0.15) is 12.5 Å². The Hall–Kier alpha value is -1.22. The van der Waals surface area contributed by atoms with Gasteiger partial charge >= 0.3 is 0 Å². The molecule has 0 nitrogen and oxygen atoms in total. The summed E-state index contributed by atoms with van der Waals surface area (Å²) in [6.07, 6.45) is 0.699. The highest BCUT2D eigenvalue weighted by atomic mass is 32.1. The second-order valence-electron chi connectivity index (χ2n) is 3.25. The van der Waals surface area contributed by atoms with E-state index in [-0.39, 0.29) is 0 Å². The van der Waals surface area contributed by atoms with Crippen molar-refractivity contribution in [3.8, 4) is 10.4 Å². The van der Waals surface area contributed by atoms with E-state index < -0.39 is 11.6 Å². The lowest BCUT2D eigenvalue weighted by Gasteiger charge is -2.06. The zero-order chi connectivity index (χ0) is 10.8. The van der Waals surface area contributed by atoms with Crippen LogP contribution in [0.2, 0.25) is 0 Å². The molecule has 78 valence electrons. The van der Waals surface area contributed by atoms with Gasteiger partial charge in [-0.3, -0.25) is 0 Å². The standard InChI is InChI=1S/C12H10F2S/c1-2-8-6-10(13)11(14)7-9(8)12-4-3-5-15-12/h3-7H,2H2,1H3. The zero-order valence-corrected chi connectivity index (χ0v) is 9.07. The van der Waals surface area contributed by atoms with Gasteiger partial charge in [0.15, 0.2) is 11.6 Å². The van der Waals surface area contributed by atoms with Crippen LogP contribution in [-0.4, -0.2) is 0 Å². The van der Waals surface area contributed by atoms with Crippen LogP contribution in [0.25, 0.3) is 10.4 Å². The van der Waals surface area contributed by atoms with E-state index in [4.69, 9.17) is 0 Å². The molecule has 2 rings (SSSR count). The highest BCUT2D eigenvalue weighted by molar-refractivity contribution is 7.13. The second kappa shape index (κ2) is 4.11. The van der Waals surface area contributed by atoms with E-state index in [0.717, 1.165) is 16.0 Å². The first-order valence-electron chi connectivity index (χ1n) is 4.74. The predicted molar refractivity (Wildman–Crippen MR) is 59.0 cm³/mol. The number of hydrogen-bond donors (Lipinski definition) is 0. The average Bonchev–Trinajstić information content (AvgIpc) is 2.74. The first-order chi connectivity index (χ1) is 7.22. The minimum Gasteiger partial charge on any atom is -0.204 e. The third kappa shape index (κ3) is 1.92. The fourth-order valence-corrected chi connectivity index (χ4v) is 2.32. The fraction of sp³-hybridized carbons (Fsp3) is 0.167. The van der Waals surface area contributed by atoms with E-state index in [1.807, 2.05) is 24.4 Å². The largest absolute Gasteiger partial charge is 0.204 e. The van der Waals surface area contributed by atoms with Gasteiger partial charge in [0.2, 0.25) is 0 Å². The van der Waals surface area contributed by atoms with Gasteiger partial charge in [0.25, 0.3) is 0 Å². The molecule has 1 aromatic carbocycles. The molecule has 0 N–H and O–H groups in total. The predicted octanol–water partition coefficient (Wildman–Crippen LogP) is 4.26. The van der Waals surface area contributed by atoms with Crippen LogP contribution >= 0.6 is 11.3 Å². The minimum atomic E-state index is -0.782. The van der Waals surface area contributed by atoms with Gasteiger partial charge in [-0.05, 0) is 41.1 Å². The second-order valence-corrected chi connectivity index (χ2v) is 4.20. The topological polar surface area (TPSA) is 0 Å². The highest BCUT2D eigenvalue weighted by Crippen LogP contribution is 2.30. The molecule has 0 fully saturated rings. The molecule has 0 saturated heterocycles. The Labute approximate surface area is 91.2 Å². The SMILES string of the molecule is CCc1cc(F)c(F)cc1-c1cccs1. The molecule has 1 heterocycles. The summed E-state index contributed by atoms with van der Waals surface area (Å²) in [6, 6.07) is 6.38. The van der Waals surface area contributed by atoms with Crippen molar-refractivity contribution in [3.05, 3.63) is 46.8 Å². The molecule has 0 bridgehead atoms. The van der Waals surface area contributed by atoms with E-state index in [1.165, 1.54) is 23.5 Å². The molecular weight excluding hydrogens is 214 g/mol. The number of hydrogen-bond acceptors (Lipinski definition) is 1. The molecule has 0 unspecified atom stereocenters. The molecule has 2 aromatic rings. The number of aryl methyl sites for hydroxylation is 1. The van der Waals surface area contributed by atoms with Gasteiger partial charge in [-0.2, -0.15) is 0 Å². The molecule has 0 atom stereocenters. The molecule has 0 amide bonds. The number of thiophene rings is 1. The van der Waals surface area contributed by atoms with Gasteiger partial charge < -0.3 is 0 Å². The number of benzene rings is 1. The van der Waals surface area contributed by atoms with Crippen LogP contribution in [0.4, 0.5) is 8.78 Å². The summed E-state index contributed by atoms with van der Waals surface area (Å²) in [5.74, 6) is -1.55. The summed E-state index contributed by atoms with van der Waals surface area (Å²) in [5.41, 5.74) is 1.64. The minimum absolute atomic E-state index is 0.699. The van der Waals surface area contributed by atoms with Gasteiger partial charge in [0.1, 0.15) is 0 Å². The monoisotopic (exact) mass is 224 g/mol. The van der Waals surface area contributed by atoms with Crippen molar-refractivity contribution < 1.29 is 8.78 Å². The summed E-state index contributed by atoms with van der Waals surface area (Å²) in [7, 11) is 0. The molecule has 0 aliphatic heterocycles. The van der Waals surface area contributed by atoms with Crippen LogP contribution in [0.5, 0.6) is 0 Å². The maximum Gasteiger partial charge on any atom is 0.159 e. The number of rotatable bonds is 2. The molecule has 0 spiro atoms. The summed E-state index contributed by atoms with van der Waals surface area (Å²) in [5, 5.41) is 1.93. The van der Waals surface area contributed by atoms with Gasteiger partial charge in [-0.1, -0.05) is 13.0 Å². The third-order valence-corrected chi connectivity index (χ3v) is 3.22. The molecule has 0 radical (unpaired) electrons. The van der Waals surface area contributed by atoms with Gasteiger partial charge in [0, 0.05) is 4.88 Å². The van der Waals surface area contributed by atoms with Crippen LogP contribution in [0, 0.1) is 11.6 Å². The lowest BCUT2D eigenvalue weighted by atomic mass is 10.0. The van der Waals surface area contributed by atoms with Crippen molar-refractivity contribution in [2.45, 2.75) is 13.3 Å². The van der Waals surface area contributed by atoms with Crippen molar-refractivity contribution in [1.82, 2.24) is 0 Å². The molecule has 0 aliphatic rings. The Kier molecular flexibility index (Phi) is 2.82. The summed E-state index contributed by atoms with van der Waals surface area (Å²) >= 11 is 1.53.